The van der Waals surface area contributed by atoms with Crippen molar-refractivity contribution in [1.29, 1.82) is 0 Å². The number of alkyl halides is 2. The van der Waals surface area contributed by atoms with Crippen molar-refractivity contribution in [3.63, 3.8) is 0 Å². The van der Waals surface area contributed by atoms with Crippen molar-refractivity contribution in [1.82, 2.24) is 0 Å². The van der Waals surface area contributed by atoms with Gasteiger partial charge in [0.05, 0.1) is 5.56 Å². The van der Waals surface area contributed by atoms with E-state index >= 15 is 0 Å². The summed E-state index contributed by atoms with van der Waals surface area (Å²) >= 11 is 0. The number of carbonyl (C=O) groups excluding carboxylic acids is 1. The summed E-state index contributed by atoms with van der Waals surface area (Å²) in [5, 5.41) is 2.77. The molecule has 0 aromatic heterocycles. The first-order valence-electron chi connectivity index (χ1n) is 7.14. The van der Waals surface area contributed by atoms with E-state index in [1.54, 1.807) is 24.3 Å². The second-order valence-electron chi connectivity index (χ2n) is 5.11. The first kappa shape index (κ1) is 20.7. The standard InChI is InChI=1S/C17H12F2O5S.Na.H/c18-17(19)25(21,22)24-10-23-16(20)15-13-7-3-1-5-11(13)9-12-6-2-4-8-14(12)15;;/h1-9,17H,10H2;;/q;+1;-1. The second-order valence-corrected chi connectivity index (χ2v) is 6.69. The van der Waals surface area contributed by atoms with Gasteiger partial charge < -0.3 is 6.16 Å². The molecule has 0 atom stereocenters. The zero-order valence-corrected chi connectivity index (χ0v) is 16.5. The van der Waals surface area contributed by atoms with Crippen LogP contribution in [0, 0.1) is 0 Å². The molecule has 3 rings (SSSR count). The van der Waals surface area contributed by atoms with Gasteiger partial charge >= 0.3 is 51.4 Å². The van der Waals surface area contributed by atoms with Crippen molar-refractivity contribution in [3.05, 3.63) is 60.2 Å². The van der Waals surface area contributed by atoms with E-state index in [0.717, 1.165) is 10.8 Å². The second kappa shape index (κ2) is 8.41. The van der Waals surface area contributed by atoms with Gasteiger partial charge in [0.15, 0.2) is 0 Å². The summed E-state index contributed by atoms with van der Waals surface area (Å²) in [6.07, 6.45) is 0. The maximum absolute atomic E-state index is 12.4. The minimum absolute atomic E-state index is 0. The van der Waals surface area contributed by atoms with Crippen molar-refractivity contribution in [3.8, 4) is 0 Å². The van der Waals surface area contributed by atoms with Crippen LogP contribution >= 0.6 is 0 Å². The summed E-state index contributed by atoms with van der Waals surface area (Å²) in [6, 6.07) is 16.1. The molecule has 9 heteroatoms. The summed E-state index contributed by atoms with van der Waals surface area (Å²) < 4.78 is 55.0. The molecular weight excluding hydrogens is 377 g/mol. The van der Waals surface area contributed by atoms with Crippen LogP contribution in [0.2, 0.25) is 0 Å². The molecule has 0 aliphatic rings. The van der Waals surface area contributed by atoms with Gasteiger partial charge in [0.25, 0.3) is 0 Å². The molecule has 0 fully saturated rings. The van der Waals surface area contributed by atoms with Crippen LogP contribution in [0.25, 0.3) is 21.5 Å². The van der Waals surface area contributed by atoms with Crippen LogP contribution in [0.1, 0.15) is 11.8 Å². The third-order valence-electron chi connectivity index (χ3n) is 3.60. The molecule has 26 heavy (non-hydrogen) atoms. The Hall–Kier alpha value is -1.58. The van der Waals surface area contributed by atoms with E-state index in [0.29, 0.717) is 10.8 Å². The Balaban J connectivity index is 0.00000182. The van der Waals surface area contributed by atoms with E-state index in [9.17, 15) is 22.0 Å². The molecule has 0 radical (unpaired) electrons. The smallest absolute Gasteiger partial charge is 1.00 e. The Bertz CT molecular complexity index is 1010. The van der Waals surface area contributed by atoms with E-state index in [1.165, 1.54) is 0 Å². The fraction of sp³-hybridized carbons (Fsp3) is 0.118. The Morgan fingerprint density at radius 1 is 1.00 bits per heavy atom. The molecule has 0 N–H and O–H groups in total. The van der Waals surface area contributed by atoms with Crippen LogP contribution in [-0.2, 0) is 19.0 Å². The molecule has 0 bridgehead atoms. The van der Waals surface area contributed by atoms with Gasteiger partial charge in [-0.25, -0.2) is 8.98 Å². The van der Waals surface area contributed by atoms with Gasteiger partial charge in [-0.3, -0.25) is 0 Å². The summed E-state index contributed by atoms with van der Waals surface area (Å²) in [5.41, 5.74) is 0.215. The van der Waals surface area contributed by atoms with Crippen LogP contribution in [-0.4, -0.2) is 26.9 Å². The van der Waals surface area contributed by atoms with Crippen LogP contribution in [0.5, 0.6) is 0 Å². The van der Waals surface area contributed by atoms with Crippen LogP contribution in [0.3, 0.4) is 0 Å². The molecule has 0 saturated heterocycles. The van der Waals surface area contributed by atoms with Crippen molar-refractivity contribution in [2.75, 3.05) is 6.79 Å². The molecule has 0 saturated carbocycles. The number of fused-ring (bicyclic) bond motifs is 2. The van der Waals surface area contributed by atoms with Gasteiger partial charge in [0, 0.05) is 0 Å². The monoisotopic (exact) mass is 390 g/mol. The van der Waals surface area contributed by atoms with Crippen LogP contribution in [0.15, 0.2) is 54.6 Å². The number of benzene rings is 3. The molecular formula is C17H13F2NaO5S. The topological polar surface area (TPSA) is 69.7 Å². The summed E-state index contributed by atoms with van der Waals surface area (Å²) in [6.45, 7) is -1.12. The normalized spacial score (nSPS) is 11.5. The predicted octanol–water partition coefficient (Wildman–Crippen LogP) is 0.793. The first-order valence-corrected chi connectivity index (χ1v) is 8.61. The molecule has 132 valence electrons. The number of hydrogen-bond acceptors (Lipinski definition) is 5. The Morgan fingerprint density at radius 2 is 1.50 bits per heavy atom. The first-order chi connectivity index (χ1) is 11.9. The average Bonchev–Trinajstić information content (AvgIpc) is 2.59. The SMILES string of the molecule is O=C(OCOS(=O)(=O)C(F)F)c1c2ccccc2cc2ccccc12.[H-].[Na+]. The number of halogens is 2. The Labute approximate surface area is 171 Å². The molecule has 0 amide bonds. The maximum atomic E-state index is 12.4. The summed E-state index contributed by atoms with van der Waals surface area (Å²) in [4.78, 5) is 12.4. The number of carbonyl (C=O) groups is 1. The van der Waals surface area contributed by atoms with Crippen LogP contribution in [0.4, 0.5) is 8.78 Å². The molecule has 3 aromatic carbocycles. The third-order valence-corrected chi connectivity index (χ3v) is 4.46. The summed E-state index contributed by atoms with van der Waals surface area (Å²) in [7, 11) is -5.07. The van der Waals surface area contributed by atoms with Gasteiger partial charge in [-0.15, -0.1) is 0 Å². The van der Waals surface area contributed by atoms with E-state index in [4.69, 9.17) is 4.74 Å². The van der Waals surface area contributed by atoms with E-state index in [-0.39, 0.29) is 36.5 Å². The zero-order chi connectivity index (χ0) is 18.0. The predicted molar refractivity (Wildman–Crippen MR) is 88.9 cm³/mol. The van der Waals surface area contributed by atoms with Gasteiger partial charge in [0.1, 0.15) is 0 Å². The summed E-state index contributed by atoms with van der Waals surface area (Å²) in [5.74, 6) is -4.57. The Morgan fingerprint density at radius 3 is 2.00 bits per heavy atom. The molecule has 5 nitrogen and oxygen atoms in total. The van der Waals surface area contributed by atoms with Gasteiger partial charge in [-0.2, -0.15) is 17.2 Å². The molecule has 0 heterocycles. The fourth-order valence-corrected chi connectivity index (χ4v) is 2.79. The molecule has 3 aromatic rings. The number of esters is 1. The largest absolute Gasteiger partial charge is 1.00 e. The van der Waals surface area contributed by atoms with Gasteiger partial charge in [-0.05, 0) is 27.6 Å². The van der Waals surface area contributed by atoms with Crippen molar-refractivity contribution < 1.29 is 61.9 Å². The molecule has 0 spiro atoms. The maximum Gasteiger partial charge on any atom is 1.00 e. The average molecular weight is 390 g/mol. The number of hydrogen-bond donors (Lipinski definition) is 0. The van der Waals surface area contributed by atoms with E-state index < -0.39 is 28.6 Å². The van der Waals surface area contributed by atoms with Crippen molar-refractivity contribution in [2.24, 2.45) is 0 Å². The minimum atomic E-state index is -5.07. The molecule has 0 unspecified atom stereocenters. The fourth-order valence-electron chi connectivity index (χ4n) is 2.50. The van der Waals surface area contributed by atoms with Crippen molar-refractivity contribution >= 4 is 37.6 Å². The number of ether oxygens (including phenoxy) is 1. The van der Waals surface area contributed by atoms with E-state index in [1.807, 2.05) is 30.3 Å². The van der Waals surface area contributed by atoms with Crippen molar-refractivity contribution in [2.45, 2.75) is 5.76 Å². The molecule has 0 aliphatic carbocycles. The minimum Gasteiger partial charge on any atom is -1.00 e. The van der Waals surface area contributed by atoms with Crippen LogP contribution < -0.4 is 29.6 Å². The number of rotatable bonds is 5. The third kappa shape index (κ3) is 4.21. The van der Waals surface area contributed by atoms with Gasteiger partial charge in [-0.1, -0.05) is 48.5 Å². The molecule has 0 aliphatic heterocycles. The Kier molecular flexibility index (Phi) is 6.70. The zero-order valence-electron chi connectivity index (χ0n) is 14.7. The van der Waals surface area contributed by atoms with Gasteiger partial charge in [0.2, 0.25) is 6.79 Å². The quantitative estimate of drug-likeness (QED) is 0.212. The van der Waals surface area contributed by atoms with E-state index in [2.05, 4.69) is 4.18 Å².